The molecule has 26 heavy (non-hydrogen) atoms. The van der Waals surface area contributed by atoms with E-state index in [2.05, 4.69) is 15.3 Å². The summed E-state index contributed by atoms with van der Waals surface area (Å²) in [7, 11) is 0. The summed E-state index contributed by atoms with van der Waals surface area (Å²) in [4.78, 5) is 20.3. The molecule has 0 spiro atoms. The molecule has 0 aliphatic heterocycles. The number of hydrogen-bond acceptors (Lipinski definition) is 4. The predicted molar refractivity (Wildman–Crippen MR) is 95.8 cm³/mol. The largest absolute Gasteiger partial charge is 0.379 e. The molecule has 0 atom stereocenters. The summed E-state index contributed by atoms with van der Waals surface area (Å²) >= 11 is 5.94. The van der Waals surface area contributed by atoms with Gasteiger partial charge in [-0.05, 0) is 31.5 Å². The summed E-state index contributed by atoms with van der Waals surface area (Å²) in [6.07, 6.45) is 2.54. The van der Waals surface area contributed by atoms with E-state index in [1.54, 1.807) is 25.3 Å². The number of aromatic nitrogens is 3. The highest BCUT2D eigenvalue weighted by Crippen LogP contribution is 2.19. The first-order chi connectivity index (χ1) is 12.3. The van der Waals surface area contributed by atoms with E-state index in [4.69, 9.17) is 11.6 Å². The van der Waals surface area contributed by atoms with E-state index in [0.717, 1.165) is 17.8 Å². The van der Waals surface area contributed by atoms with Gasteiger partial charge in [-0.3, -0.25) is 14.3 Å². The van der Waals surface area contributed by atoms with E-state index in [1.165, 1.54) is 10.6 Å². The second kappa shape index (κ2) is 7.21. The van der Waals surface area contributed by atoms with E-state index in [1.807, 2.05) is 6.92 Å². The first-order valence-electron chi connectivity index (χ1n) is 7.75. The van der Waals surface area contributed by atoms with Gasteiger partial charge in [-0.2, -0.15) is 0 Å². The highest BCUT2D eigenvalue weighted by molar-refractivity contribution is 6.29. The van der Waals surface area contributed by atoms with Crippen molar-refractivity contribution in [1.82, 2.24) is 14.5 Å². The molecule has 8 heteroatoms. The molecule has 0 aromatic carbocycles. The molecule has 0 radical (unpaired) electrons. The second-order valence-electron chi connectivity index (χ2n) is 5.79. The Bertz CT molecular complexity index is 1040. The van der Waals surface area contributed by atoms with Crippen molar-refractivity contribution >= 4 is 17.3 Å². The van der Waals surface area contributed by atoms with Gasteiger partial charge < -0.3 is 5.32 Å². The monoisotopic (exact) mass is 376 g/mol. The molecule has 3 aromatic rings. The van der Waals surface area contributed by atoms with Gasteiger partial charge in [0.1, 0.15) is 16.8 Å². The molecule has 0 aliphatic carbocycles. The summed E-state index contributed by atoms with van der Waals surface area (Å²) < 4.78 is 28.1. The van der Waals surface area contributed by atoms with Crippen molar-refractivity contribution in [3.63, 3.8) is 0 Å². The fraction of sp³-hybridized carbons (Fsp3) is 0.167. The van der Waals surface area contributed by atoms with Gasteiger partial charge in [0.2, 0.25) is 0 Å². The Balaban J connectivity index is 1.90. The van der Waals surface area contributed by atoms with Crippen LogP contribution in [0.2, 0.25) is 5.15 Å². The van der Waals surface area contributed by atoms with Crippen LogP contribution in [0.4, 0.5) is 14.5 Å². The minimum absolute atomic E-state index is 0.0229. The van der Waals surface area contributed by atoms with Gasteiger partial charge in [-0.1, -0.05) is 11.6 Å². The van der Waals surface area contributed by atoms with Crippen LogP contribution < -0.4 is 10.9 Å². The third kappa shape index (κ3) is 3.72. The molecular weight excluding hydrogens is 362 g/mol. The van der Waals surface area contributed by atoms with E-state index >= 15 is 0 Å². The number of halogens is 3. The van der Waals surface area contributed by atoms with E-state index in [0.29, 0.717) is 17.1 Å². The lowest BCUT2D eigenvalue weighted by atomic mass is 10.2. The molecule has 5 nitrogen and oxygen atoms in total. The van der Waals surface area contributed by atoms with E-state index in [9.17, 15) is 13.6 Å². The molecule has 3 aromatic heterocycles. The van der Waals surface area contributed by atoms with Crippen molar-refractivity contribution in [1.29, 1.82) is 0 Å². The number of pyridine rings is 3. The van der Waals surface area contributed by atoms with Crippen molar-refractivity contribution in [3.05, 3.63) is 80.8 Å². The van der Waals surface area contributed by atoms with Crippen LogP contribution in [0.15, 0.2) is 41.5 Å². The number of anilines is 1. The molecular formula is C18H15ClF2N4O. The van der Waals surface area contributed by atoms with Crippen molar-refractivity contribution in [2.75, 3.05) is 5.32 Å². The summed E-state index contributed by atoms with van der Waals surface area (Å²) in [6, 6.07) is 5.53. The van der Waals surface area contributed by atoms with Crippen LogP contribution in [0.3, 0.4) is 0 Å². The zero-order valence-electron chi connectivity index (χ0n) is 14.1. The average molecular weight is 377 g/mol. The van der Waals surface area contributed by atoms with Gasteiger partial charge in [-0.25, -0.2) is 13.8 Å². The Morgan fingerprint density at radius 2 is 1.88 bits per heavy atom. The first-order valence-corrected chi connectivity index (χ1v) is 8.13. The summed E-state index contributed by atoms with van der Waals surface area (Å²) in [6.45, 7) is 3.63. The Kier molecular flexibility index (Phi) is 4.99. The Hall–Kier alpha value is -2.80. The number of aryl methyl sites for hydroxylation is 2. The molecule has 0 saturated heterocycles. The molecule has 0 unspecified atom stereocenters. The Morgan fingerprint density at radius 1 is 1.12 bits per heavy atom. The maximum absolute atomic E-state index is 13.7. The lowest BCUT2D eigenvalue weighted by molar-refractivity contribution is 0.560. The molecule has 3 heterocycles. The lowest BCUT2D eigenvalue weighted by Crippen LogP contribution is -2.21. The van der Waals surface area contributed by atoms with Crippen LogP contribution in [-0.2, 0) is 6.54 Å². The molecule has 0 aliphatic rings. The molecule has 134 valence electrons. The van der Waals surface area contributed by atoms with Gasteiger partial charge in [0.25, 0.3) is 5.56 Å². The predicted octanol–water partition coefficient (Wildman–Crippen LogP) is 3.79. The highest BCUT2D eigenvalue weighted by atomic mass is 35.5. The molecule has 0 amide bonds. The van der Waals surface area contributed by atoms with Gasteiger partial charge in [-0.15, -0.1) is 0 Å². The zero-order chi connectivity index (χ0) is 18.8. The van der Waals surface area contributed by atoms with Crippen LogP contribution in [0, 0.1) is 25.5 Å². The number of rotatable bonds is 4. The summed E-state index contributed by atoms with van der Waals surface area (Å²) in [5.41, 5.74) is 2.41. The highest BCUT2D eigenvalue weighted by Gasteiger charge is 2.11. The average Bonchev–Trinajstić information content (AvgIpc) is 2.56. The van der Waals surface area contributed by atoms with Crippen molar-refractivity contribution < 1.29 is 8.78 Å². The zero-order valence-corrected chi connectivity index (χ0v) is 14.8. The minimum Gasteiger partial charge on any atom is -0.379 e. The maximum atomic E-state index is 13.7. The van der Waals surface area contributed by atoms with Crippen molar-refractivity contribution in [2.24, 2.45) is 0 Å². The quantitative estimate of drug-likeness (QED) is 0.704. The minimum atomic E-state index is -0.746. The third-order valence-corrected chi connectivity index (χ3v) is 4.05. The maximum Gasteiger partial charge on any atom is 0.257 e. The van der Waals surface area contributed by atoms with E-state index < -0.39 is 11.6 Å². The van der Waals surface area contributed by atoms with Crippen LogP contribution in [0.25, 0.3) is 5.69 Å². The van der Waals surface area contributed by atoms with Crippen molar-refractivity contribution in [3.8, 4) is 5.69 Å². The van der Waals surface area contributed by atoms with Crippen LogP contribution >= 0.6 is 11.6 Å². The first kappa shape index (κ1) is 18.0. The van der Waals surface area contributed by atoms with Crippen LogP contribution in [0.5, 0.6) is 0 Å². The molecule has 3 rings (SSSR count). The standard InChI is InChI=1S/C18H15ClF2N4O/c1-10-7-24-17(19)6-16(10)25-11(2)3-13(5-18(25)26)22-9-15-14(21)4-12(20)8-23-15/h3-8,22H,9H2,1-2H3. The fourth-order valence-corrected chi connectivity index (χ4v) is 2.75. The molecule has 0 saturated carbocycles. The number of hydrogen-bond donors (Lipinski definition) is 1. The smallest absolute Gasteiger partial charge is 0.257 e. The molecule has 0 bridgehead atoms. The topological polar surface area (TPSA) is 59.8 Å². The van der Waals surface area contributed by atoms with Crippen LogP contribution in [0.1, 0.15) is 17.0 Å². The van der Waals surface area contributed by atoms with Gasteiger partial charge in [0.15, 0.2) is 0 Å². The SMILES string of the molecule is Cc1cnc(Cl)cc1-n1c(C)cc(NCc2ncc(F)cc2F)cc1=O. The Labute approximate surface area is 153 Å². The number of nitrogens with one attached hydrogen (secondary N) is 1. The summed E-state index contributed by atoms with van der Waals surface area (Å²) in [5.74, 6) is -1.49. The summed E-state index contributed by atoms with van der Waals surface area (Å²) in [5, 5.41) is 3.22. The third-order valence-electron chi connectivity index (χ3n) is 3.84. The van der Waals surface area contributed by atoms with Gasteiger partial charge in [0.05, 0.1) is 24.1 Å². The normalized spacial score (nSPS) is 10.8. The van der Waals surface area contributed by atoms with Gasteiger partial charge in [0, 0.05) is 29.7 Å². The lowest BCUT2D eigenvalue weighted by Gasteiger charge is -2.15. The number of nitrogens with zero attached hydrogens (tertiary/aromatic N) is 3. The second-order valence-corrected chi connectivity index (χ2v) is 6.18. The fourth-order valence-electron chi connectivity index (χ4n) is 2.60. The molecule has 1 N–H and O–H groups in total. The van der Waals surface area contributed by atoms with Crippen LogP contribution in [-0.4, -0.2) is 14.5 Å². The molecule has 0 fully saturated rings. The van der Waals surface area contributed by atoms with E-state index in [-0.39, 0.29) is 23.0 Å². The van der Waals surface area contributed by atoms with Gasteiger partial charge >= 0.3 is 0 Å². The van der Waals surface area contributed by atoms with Crippen molar-refractivity contribution in [2.45, 2.75) is 20.4 Å². The Morgan fingerprint density at radius 3 is 2.58 bits per heavy atom.